The van der Waals surface area contributed by atoms with E-state index in [1.165, 1.54) is 24.3 Å². The number of aromatic carboxylic acids is 1. The van der Waals surface area contributed by atoms with E-state index in [9.17, 15) is 35.9 Å². The van der Waals surface area contributed by atoms with E-state index < -0.39 is 55.6 Å². The van der Waals surface area contributed by atoms with Gasteiger partial charge in [0, 0.05) is 13.1 Å². The minimum atomic E-state index is -5.54. The first-order valence-electron chi connectivity index (χ1n) is 7.11. The summed E-state index contributed by atoms with van der Waals surface area (Å²) in [5.41, 5.74) is -4.16. The van der Waals surface area contributed by atoms with Gasteiger partial charge in [0.05, 0.1) is 12.0 Å². The molecule has 1 aromatic rings. The van der Waals surface area contributed by atoms with Gasteiger partial charge in [-0.05, 0) is 18.1 Å². The Hall–Kier alpha value is -2.26. The van der Waals surface area contributed by atoms with Crippen molar-refractivity contribution < 1.29 is 41.0 Å². The number of carboxylic acids is 1. The molecule has 1 aromatic carbocycles. The van der Waals surface area contributed by atoms with Gasteiger partial charge < -0.3 is 10.0 Å². The third kappa shape index (κ3) is 3.42. The van der Waals surface area contributed by atoms with Crippen molar-refractivity contribution in [3.63, 3.8) is 0 Å². The maximum absolute atomic E-state index is 13.0. The number of carbonyl (C=O) groups excluding carboxylic acids is 1. The monoisotopic (exact) mass is 369 g/mol. The van der Waals surface area contributed by atoms with Crippen LogP contribution in [-0.2, 0) is 11.2 Å². The van der Waals surface area contributed by atoms with E-state index in [0.29, 0.717) is 4.90 Å². The van der Waals surface area contributed by atoms with E-state index in [4.69, 9.17) is 5.11 Å². The summed E-state index contributed by atoms with van der Waals surface area (Å²) in [7, 11) is 0. The molecule has 4 nitrogen and oxygen atoms in total. The molecule has 1 amide bonds. The molecule has 0 atom stereocenters. The Bertz CT molecular complexity index is 669. The summed E-state index contributed by atoms with van der Waals surface area (Å²) < 4.78 is 78.1. The van der Waals surface area contributed by atoms with Crippen molar-refractivity contribution in [3.05, 3.63) is 35.4 Å². The minimum Gasteiger partial charge on any atom is -0.478 e. The maximum atomic E-state index is 13.0. The highest BCUT2D eigenvalue weighted by atomic mass is 19.4. The summed E-state index contributed by atoms with van der Waals surface area (Å²) in [6, 6.07) is 5.31. The molecule has 1 fully saturated rings. The van der Waals surface area contributed by atoms with Crippen LogP contribution < -0.4 is 0 Å². The van der Waals surface area contributed by atoms with Gasteiger partial charge in [0.2, 0.25) is 5.91 Å². The van der Waals surface area contributed by atoms with Crippen molar-refractivity contribution >= 4 is 11.9 Å². The van der Waals surface area contributed by atoms with Crippen LogP contribution in [0.5, 0.6) is 0 Å². The molecule has 138 valence electrons. The zero-order valence-electron chi connectivity index (χ0n) is 12.6. The number of amides is 1. The Kier molecular flexibility index (Phi) is 4.75. The Morgan fingerprint density at radius 2 is 1.64 bits per heavy atom. The van der Waals surface area contributed by atoms with E-state index in [-0.39, 0.29) is 11.1 Å². The average Bonchev–Trinajstić information content (AvgIpc) is 2.93. The van der Waals surface area contributed by atoms with Crippen LogP contribution in [0.2, 0.25) is 0 Å². The van der Waals surface area contributed by atoms with Crippen molar-refractivity contribution in [3.8, 4) is 0 Å². The van der Waals surface area contributed by atoms with Crippen LogP contribution in [0, 0.1) is 5.41 Å². The first-order valence-corrected chi connectivity index (χ1v) is 7.11. The molecule has 0 aromatic heterocycles. The van der Waals surface area contributed by atoms with Crippen LogP contribution in [0.25, 0.3) is 0 Å². The van der Waals surface area contributed by atoms with Gasteiger partial charge >= 0.3 is 18.3 Å². The first-order chi connectivity index (χ1) is 11.4. The van der Waals surface area contributed by atoms with Crippen molar-refractivity contribution in [2.45, 2.75) is 25.2 Å². The van der Waals surface area contributed by atoms with Crippen LogP contribution in [0.3, 0.4) is 0 Å². The number of likely N-dealkylation sites (tertiary alicyclic amines) is 1. The Balaban J connectivity index is 2.22. The van der Waals surface area contributed by atoms with Crippen molar-refractivity contribution in [1.82, 2.24) is 4.90 Å². The van der Waals surface area contributed by atoms with Gasteiger partial charge in [-0.1, -0.05) is 18.2 Å². The molecular weight excluding hydrogens is 356 g/mol. The van der Waals surface area contributed by atoms with Crippen molar-refractivity contribution in [1.29, 1.82) is 0 Å². The summed E-state index contributed by atoms with van der Waals surface area (Å²) in [5, 5.41) is 9.02. The molecule has 1 N–H and O–H groups in total. The number of carboxylic acid groups (broad SMARTS) is 1. The van der Waals surface area contributed by atoms with Gasteiger partial charge in [-0.15, -0.1) is 0 Å². The summed E-state index contributed by atoms with van der Waals surface area (Å²) >= 11 is 0. The van der Waals surface area contributed by atoms with Gasteiger partial charge in [-0.2, -0.15) is 26.3 Å². The van der Waals surface area contributed by atoms with E-state index in [2.05, 4.69) is 0 Å². The average molecular weight is 369 g/mol. The molecule has 0 saturated carbocycles. The SMILES string of the molecule is O=C(O)c1ccccc1CC(=O)N1CCC(C(F)(F)F)(C(F)(F)F)C1. The summed E-state index contributed by atoms with van der Waals surface area (Å²) in [6.45, 7) is -2.22. The van der Waals surface area contributed by atoms with E-state index in [1.807, 2.05) is 0 Å². The van der Waals surface area contributed by atoms with Crippen LogP contribution in [0.4, 0.5) is 26.3 Å². The van der Waals surface area contributed by atoms with Gasteiger partial charge in [0.1, 0.15) is 0 Å². The molecule has 1 aliphatic heterocycles. The first kappa shape index (κ1) is 19.1. The maximum Gasteiger partial charge on any atom is 0.404 e. The molecule has 1 heterocycles. The summed E-state index contributed by atoms with van der Waals surface area (Å²) in [6.07, 6.45) is -12.9. The number of alkyl halides is 6. The number of hydrogen-bond acceptors (Lipinski definition) is 2. The second-order valence-corrected chi connectivity index (χ2v) is 5.78. The highest BCUT2D eigenvalue weighted by molar-refractivity contribution is 5.91. The molecule has 25 heavy (non-hydrogen) atoms. The van der Waals surface area contributed by atoms with E-state index >= 15 is 0 Å². The number of rotatable bonds is 3. The zero-order valence-corrected chi connectivity index (χ0v) is 12.6. The fourth-order valence-electron chi connectivity index (χ4n) is 2.80. The number of halogens is 6. The third-order valence-electron chi connectivity index (χ3n) is 4.30. The predicted octanol–water partition coefficient (Wildman–Crippen LogP) is 3.27. The molecule has 10 heteroatoms. The lowest BCUT2D eigenvalue weighted by Gasteiger charge is -2.33. The predicted molar refractivity (Wildman–Crippen MR) is 72.8 cm³/mol. The molecule has 1 aliphatic rings. The van der Waals surface area contributed by atoms with Crippen LogP contribution in [-0.4, -0.2) is 47.3 Å². The van der Waals surface area contributed by atoms with E-state index in [1.54, 1.807) is 0 Å². The fraction of sp³-hybridized carbons (Fsp3) is 0.467. The molecular formula is C15H13F6NO3. The number of carbonyl (C=O) groups is 2. The van der Waals surface area contributed by atoms with Gasteiger partial charge in [-0.3, -0.25) is 4.79 Å². The summed E-state index contributed by atoms with van der Waals surface area (Å²) in [4.78, 5) is 23.7. The quantitative estimate of drug-likeness (QED) is 0.832. The largest absolute Gasteiger partial charge is 0.478 e. The zero-order chi connectivity index (χ0) is 19.0. The minimum absolute atomic E-state index is 0.0246. The Morgan fingerprint density at radius 1 is 1.08 bits per heavy atom. The Labute approximate surface area is 138 Å². The van der Waals surface area contributed by atoms with Crippen LogP contribution in [0.1, 0.15) is 22.3 Å². The molecule has 0 aliphatic carbocycles. The summed E-state index contributed by atoms with van der Waals surface area (Å²) in [5.74, 6) is -2.33. The number of hydrogen-bond donors (Lipinski definition) is 1. The lowest BCUT2D eigenvalue weighted by atomic mass is 9.85. The lowest BCUT2D eigenvalue weighted by molar-refractivity contribution is -0.334. The lowest BCUT2D eigenvalue weighted by Crippen LogP contribution is -2.52. The molecule has 0 unspecified atom stereocenters. The van der Waals surface area contributed by atoms with Crippen molar-refractivity contribution in [2.75, 3.05) is 13.1 Å². The topological polar surface area (TPSA) is 57.6 Å². The Morgan fingerprint density at radius 3 is 2.12 bits per heavy atom. The normalized spacial score (nSPS) is 17.6. The molecule has 0 spiro atoms. The van der Waals surface area contributed by atoms with Gasteiger partial charge in [0.15, 0.2) is 5.41 Å². The molecule has 1 saturated heterocycles. The molecule has 2 rings (SSSR count). The van der Waals surface area contributed by atoms with E-state index in [0.717, 1.165) is 0 Å². The molecule has 0 radical (unpaired) electrons. The highest BCUT2D eigenvalue weighted by Crippen LogP contribution is 2.55. The van der Waals surface area contributed by atoms with Crippen LogP contribution >= 0.6 is 0 Å². The number of benzene rings is 1. The molecule has 0 bridgehead atoms. The fourth-order valence-corrected chi connectivity index (χ4v) is 2.80. The van der Waals surface area contributed by atoms with Crippen molar-refractivity contribution in [2.24, 2.45) is 5.41 Å². The van der Waals surface area contributed by atoms with Gasteiger partial charge in [0.25, 0.3) is 0 Å². The third-order valence-corrected chi connectivity index (χ3v) is 4.30. The standard InChI is InChI=1S/C15H13F6NO3/c16-14(17,18)13(15(19,20)21)5-6-22(8-13)11(23)7-9-3-1-2-4-10(9)12(24)25/h1-4H,5-8H2,(H,24,25). The van der Waals surface area contributed by atoms with Crippen LogP contribution in [0.15, 0.2) is 24.3 Å². The number of nitrogens with zero attached hydrogens (tertiary/aromatic N) is 1. The smallest absolute Gasteiger partial charge is 0.404 e. The highest BCUT2D eigenvalue weighted by Gasteiger charge is 2.72. The van der Waals surface area contributed by atoms with Gasteiger partial charge in [-0.25, -0.2) is 4.79 Å². The second kappa shape index (κ2) is 6.23. The second-order valence-electron chi connectivity index (χ2n) is 5.78.